The van der Waals surface area contributed by atoms with Gasteiger partial charge in [-0.05, 0) is 24.3 Å². The molecule has 0 saturated carbocycles. The average molecular weight is 259 g/mol. The van der Waals surface area contributed by atoms with Gasteiger partial charge in [0.1, 0.15) is 5.75 Å². The lowest BCUT2D eigenvalue weighted by Gasteiger charge is -2.11. The van der Waals surface area contributed by atoms with E-state index < -0.39 is 0 Å². The van der Waals surface area contributed by atoms with Gasteiger partial charge in [-0.15, -0.1) is 0 Å². The van der Waals surface area contributed by atoms with Crippen LogP contribution in [0.5, 0.6) is 17.2 Å². The highest BCUT2D eigenvalue weighted by Crippen LogP contribution is 2.41. The van der Waals surface area contributed by atoms with Gasteiger partial charge in [0.25, 0.3) is 0 Å². The van der Waals surface area contributed by atoms with Crippen LogP contribution in [0.15, 0.2) is 24.3 Å². The monoisotopic (exact) mass is 259 g/mol. The molecule has 0 unspecified atom stereocenters. The number of nitrogens with one attached hydrogen (secondary N) is 1. The fourth-order valence-electron chi connectivity index (χ4n) is 2.18. The Labute approximate surface area is 110 Å². The summed E-state index contributed by atoms with van der Waals surface area (Å²) in [6, 6.07) is 7.34. The Morgan fingerprint density at radius 1 is 1.21 bits per heavy atom. The van der Waals surface area contributed by atoms with Crippen LogP contribution in [0, 0.1) is 0 Å². The fourth-order valence-corrected chi connectivity index (χ4v) is 2.18. The third-order valence-corrected chi connectivity index (χ3v) is 3.00. The van der Waals surface area contributed by atoms with Gasteiger partial charge >= 0.3 is 0 Å². The highest BCUT2D eigenvalue weighted by Gasteiger charge is 2.17. The summed E-state index contributed by atoms with van der Waals surface area (Å²) in [5.74, 6) is 1.96. The SMILES string of the molecule is COc1ccc(NC(C)=O)c2cc3c(cc12)OCO3. The number of methoxy groups -OCH3 is 1. The van der Waals surface area contributed by atoms with Gasteiger partial charge in [0.15, 0.2) is 11.5 Å². The van der Waals surface area contributed by atoms with Crippen LogP contribution in [0.25, 0.3) is 10.8 Å². The van der Waals surface area contributed by atoms with Crippen LogP contribution in [-0.4, -0.2) is 19.8 Å². The molecule has 5 nitrogen and oxygen atoms in total. The molecule has 1 heterocycles. The summed E-state index contributed by atoms with van der Waals surface area (Å²) < 4.78 is 16.1. The van der Waals surface area contributed by atoms with Crippen LogP contribution in [-0.2, 0) is 4.79 Å². The first-order valence-corrected chi connectivity index (χ1v) is 5.87. The molecule has 0 fully saturated rings. The summed E-state index contributed by atoms with van der Waals surface area (Å²) in [4.78, 5) is 11.2. The molecule has 1 aliphatic rings. The highest BCUT2D eigenvalue weighted by molar-refractivity contribution is 6.05. The Hall–Kier alpha value is -2.43. The number of amides is 1. The average Bonchev–Trinajstić information content (AvgIpc) is 2.83. The second-order valence-electron chi connectivity index (χ2n) is 4.25. The van der Waals surface area contributed by atoms with E-state index in [1.807, 2.05) is 24.3 Å². The lowest BCUT2D eigenvalue weighted by Crippen LogP contribution is -2.06. The number of fused-ring (bicyclic) bond motifs is 2. The zero-order valence-electron chi connectivity index (χ0n) is 10.6. The van der Waals surface area contributed by atoms with Gasteiger partial charge in [-0.2, -0.15) is 0 Å². The molecule has 0 spiro atoms. The van der Waals surface area contributed by atoms with Crippen LogP contribution in [0.4, 0.5) is 5.69 Å². The Morgan fingerprint density at radius 2 is 1.89 bits per heavy atom. The topological polar surface area (TPSA) is 56.8 Å². The molecule has 0 aliphatic carbocycles. The molecular formula is C14H13NO4. The van der Waals surface area contributed by atoms with E-state index in [-0.39, 0.29) is 12.7 Å². The molecular weight excluding hydrogens is 246 g/mol. The third kappa shape index (κ3) is 1.93. The number of anilines is 1. The highest BCUT2D eigenvalue weighted by atomic mass is 16.7. The summed E-state index contributed by atoms with van der Waals surface area (Å²) in [5, 5.41) is 4.53. The van der Waals surface area contributed by atoms with Gasteiger partial charge in [0.05, 0.1) is 7.11 Å². The molecule has 1 amide bonds. The zero-order valence-corrected chi connectivity index (χ0v) is 10.6. The van der Waals surface area contributed by atoms with Crippen LogP contribution in [0.2, 0.25) is 0 Å². The fraction of sp³-hybridized carbons (Fsp3) is 0.214. The molecule has 5 heteroatoms. The second-order valence-corrected chi connectivity index (χ2v) is 4.25. The van der Waals surface area contributed by atoms with E-state index >= 15 is 0 Å². The Morgan fingerprint density at radius 3 is 2.53 bits per heavy atom. The molecule has 1 aliphatic heterocycles. The molecule has 2 aromatic rings. The van der Waals surface area contributed by atoms with Crippen LogP contribution >= 0.6 is 0 Å². The quantitative estimate of drug-likeness (QED) is 0.900. The van der Waals surface area contributed by atoms with Crippen molar-refractivity contribution in [2.75, 3.05) is 19.2 Å². The van der Waals surface area contributed by atoms with Gasteiger partial charge < -0.3 is 19.5 Å². The first kappa shape index (κ1) is 11.6. The molecule has 3 rings (SSSR count). The summed E-state index contributed by atoms with van der Waals surface area (Å²) in [6.45, 7) is 1.69. The predicted molar refractivity (Wildman–Crippen MR) is 70.9 cm³/mol. The van der Waals surface area contributed by atoms with Crippen LogP contribution in [0.1, 0.15) is 6.92 Å². The molecule has 0 radical (unpaired) electrons. The van der Waals surface area contributed by atoms with E-state index in [1.165, 1.54) is 6.92 Å². The number of hydrogen-bond acceptors (Lipinski definition) is 4. The minimum atomic E-state index is -0.121. The van der Waals surface area contributed by atoms with Crippen LogP contribution in [0.3, 0.4) is 0 Å². The predicted octanol–water partition coefficient (Wildman–Crippen LogP) is 2.54. The van der Waals surface area contributed by atoms with Crippen molar-refractivity contribution >= 4 is 22.4 Å². The van der Waals surface area contributed by atoms with E-state index in [2.05, 4.69) is 5.32 Å². The second kappa shape index (κ2) is 4.35. The number of rotatable bonds is 2. The smallest absolute Gasteiger partial charge is 0.231 e. The van der Waals surface area contributed by atoms with Crippen molar-refractivity contribution < 1.29 is 19.0 Å². The summed E-state index contributed by atoms with van der Waals surface area (Å²) in [7, 11) is 1.61. The maximum Gasteiger partial charge on any atom is 0.231 e. The zero-order chi connectivity index (χ0) is 13.4. The van der Waals surface area contributed by atoms with Crippen molar-refractivity contribution in [2.45, 2.75) is 6.92 Å². The lowest BCUT2D eigenvalue weighted by molar-refractivity contribution is -0.114. The molecule has 0 aromatic heterocycles. The Balaban J connectivity index is 2.26. The molecule has 0 saturated heterocycles. The Kier molecular flexibility index (Phi) is 2.67. The van der Waals surface area contributed by atoms with E-state index in [9.17, 15) is 4.79 Å². The molecule has 2 aromatic carbocycles. The van der Waals surface area contributed by atoms with Crippen LogP contribution < -0.4 is 19.5 Å². The van der Waals surface area contributed by atoms with Crippen molar-refractivity contribution in [3.63, 3.8) is 0 Å². The molecule has 98 valence electrons. The van der Waals surface area contributed by atoms with Crippen molar-refractivity contribution in [2.24, 2.45) is 0 Å². The van der Waals surface area contributed by atoms with Crippen molar-refractivity contribution in [3.8, 4) is 17.2 Å². The normalized spacial score (nSPS) is 12.5. The van der Waals surface area contributed by atoms with E-state index in [0.717, 1.165) is 22.2 Å². The Bertz CT molecular complexity index is 666. The first-order valence-electron chi connectivity index (χ1n) is 5.87. The first-order chi connectivity index (χ1) is 9.19. The van der Waals surface area contributed by atoms with Crippen molar-refractivity contribution in [3.05, 3.63) is 24.3 Å². The van der Waals surface area contributed by atoms with Gasteiger partial charge in [-0.25, -0.2) is 0 Å². The summed E-state index contributed by atoms with van der Waals surface area (Å²) in [5.41, 5.74) is 0.724. The van der Waals surface area contributed by atoms with Gasteiger partial charge in [0, 0.05) is 23.4 Å². The largest absolute Gasteiger partial charge is 0.496 e. The van der Waals surface area contributed by atoms with E-state index in [4.69, 9.17) is 14.2 Å². The molecule has 1 N–H and O–H groups in total. The number of hydrogen-bond donors (Lipinski definition) is 1. The van der Waals surface area contributed by atoms with Crippen molar-refractivity contribution in [1.29, 1.82) is 0 Å². The summed E-state index contributed by atoms with van der Waals surface area (Å²) >= 11 is 0. The maximum atomic E-state index is 11.2. The molecule has 0 bridgehead atoms. The van der Waals surface area contributed by atoms with E-state index in [0.29, 0.717) is 11.5 Å². The molecule has 0 atom stereocenters. The minimum absolute atomic E-state index is 0.121. The minimum Gasteiger partial charge on any atom is -0.496 e. The standard InChI is InChI=1S/C14H13NO4/c1-8(16)15-11-3-4-12(17-2)10-6-14-13(5-9(10)11)18-7-19-14/h3-6H,7H2,1-2H3,(H,15,16). The number of carbonyl (C=O) groups is 1. The lowest BCUT2D eigenvalue weighted by atomic mass is 10.1. The number of carbonyl (C=O) groups excluding carboxylic acids is 1. The van der Waals surface area contributed by atoms with E-state index in [1.54, 1.807) is 7.11 Å². The van der Waals surface area contributed by atoms with Gasteiger partial charge in [-0.3, -0.25) is 4.79 Å². The number of ether oxygens (including phenoxy) is 3. The maximum absolute atomic E-state index is 11.2. The van der Waals surface area contributed by atoms with Gasteiger partial charge in [-0.1, -0.05) is 0 Å². The van der Waals surface area contributed by atoms with Crippen molar-refractivity contribution in [1.82, 2.24) is 0 Å². The molecule has 19 heavy (non-hydrogen) atoms. The summed E-state index contributed by atoms with van der Waals surface area (Å²) in [6.07, 6.45) is 0. The van der Waals surface area contributed by atoms with Gasteiger partial charge in [0.2, 0.25) is 12.7 Å². The third-order valence-electron chi connectivity index (χ3n) is 3.00. The number of benzene rings is 2.